The predicted molar refractivity (Wildman–Crippen MR) is 74.4 cm³/mol. The standard InChI is InChI=1S/C12H10ClN3O3S/c13-8-1-2-11-15-10(6-16(11)5-8)12(17)14-9-3-4-20(18,19)7-9/h1-6,9H,7H2,(H,14,17)/t9-/m0/s1. The summed E-state index contributed by atoms with van der Waals surface area (Å²) in [5.74, 6) is -0.533. The number of hydrogen-bond acceptors (Lipinski definition) is 4. The van der Waals surface area contributed by atoms with Gasteiger partial charge in [-0.3, -0.25) is 4.79 Å². The van der Waals surface area contributed by atoms with Crippen LogP contribution in [0.1, 0.15) is 10.5 Å². The number of amides is 1. The summed E-state index contributed by atoms with van der Waals surface area (Å²) in [5.41, 5.74) is 0.805. The third-order valence-electron chi connectivity index (χ3n) is 2.89. The molecule has 1 atom stereocenters. The van der Waals surface area contributed by atoms with Crippen LogP contribution in [0, 0.1) is 0 Å². The lowest BCUT2D eigenvalue weighted by Gasteiger charge is -2.07. The van der Waals surface area contributed by atoms with Gasteiger partial charge in [-0.05, 0) is 18.2 Å². The Hall–Kier alpha value is -1.86. The first kappa shape index (κ1) is 13.1. The summed E-state index contributed by atoms with van der Waals surface area (Å²) < 4.78 is 24.2. The minimum atomic E-state index is -3.19. The smallest absolute Gasteiger partial charge is 0.272 e. The quantitative estimate of drug-likeness (QED) is 0.898. The van der Waals surface area contributed by atoms with E-state index in [2.05, 4.69) is 10.3 Å². The van der Waals surface area contributed by atoms with Crippen molar-refractivity contribution in [1.29, 1.82) is 0 Å². The lowest BCUT2D eigenvalue weighted by molar-refractivity contribution is 0.0943. The average molecular weight is 312 g/mol. The summed E-state index contributed by atoms with van der Waals surface area (Å²) in [4.78, 5) is 16.2. The van der Waals surface area contributed by atoms with E-state index in [1.807, 2.05) is 0 Å². The summed E-state index contributed by atoms with van der Waals surface area (Å²) in [7, 11) is -3.19. The Balaban J connectivity index is 1.81. The summed E-state index contributed by atoms with van der Waals surface area (Å²) in [6.07, 6.45) is 4.64. The maximum Gasteiger partial charge on any atom is 0.272 e. The van der Waals surface area contributed by atoms with E-state index in [0.717, 1.165) is 5.41 Å². The Bertz CT molecular complexity index is 826. The predicted octanol–water partition coefficient (Wildman–Crippen LogP) is 1.03. The van der Waals surface area contributed by atoms with Crippen molar-refractivity contribution in [1.82, 2.24) is 14.7 Å². The molecule has 1 aliphatic heterocycles. The summed E-state index contributed by atoms with van der Waals surface area (Å²) >= 11 is 5.85. The van der Waals surface area contributed by atoms with Crippen molar-refractivity contribution in [3.63, 3.8) is 0 Å². The second-order valence-electron chi connectivity index (χ2n) is 4.48. The van der Waals surface area contributed by atoms with Gasteiger partial charge in [0.25, 0.3) is 5.91 Å². The van der Waals surface area contributed by atoms with Gasteiger partial charge in [-0.2, -0.15) is 0 Å². The molecule has 0 unspecified atom stereocenters. The first-order valence-corrected chi connectivity index (χ1v) is 7.88. The lowest BCUT2D eigenvalue weighted by atomic mass is 10.3. The van der Waals surface area contributed by atoms with Crippen LogP contribution in [-0.4, -0.2) is 35.5 Å². The minimum Gasteiger partial charge on any atom is -0.343 e. The van der Waals surface area contributed by atoms with E-state index >= 15 is 0 Å². The largest absolute Gasteiger partial charge is 0.343 e. The maximum absolute atomic E-state index is 12.0. The van der Waals surface area contributed by atoms with Crippen LogP contribution in [0.4, 0.5) is 0 Å². The van der Waals surface area contributed by atoms with Crippen molar-refractivity contribution in [3.05, 3.63) is 46.7 Å². The highest BCUT2D eigenvalue weighted by Gasteiger charge is 2.24. The van der Waals surface area contributed by atoms with Crippen LogP contribution >= 0.6 is 11.6 Å². The fraction of sp³-hybridized carbons (Fsp3) is 0.167. The molecule has 104 valence electrons. The van der Waals surface area contributed by atoms with Crippen molar-refractivity contribution in [2.24, 2.45) is 0 Å². The molecular weight excluding hydrogens is 302 g/mol. The Morgan fingerprint density at radius 3 is 2.90 bits per heavy atom. The number of halogens is 1. The topological polar surface area (TPSA) is 80.5 Å². The lowest BCUT2D eigenvalue weighted by Crippen LogP contribution is -2.35. The normalized spacial score (nSPS) is 20.4. The Morgan fingerprint density at radius 1 is 1.40 bits per heavy atom. The molecule has 0 fully saturated rings. The van der Waals surface area contributed by atoms with Gasteiger partial charge in [0, 0.05) is 17.8 Å². The van der Waals surface area contributed by atoms with Gasteiger partial charge >= 0.3 is 0 Å². The molecule has 3 rings (SSSR count). The zero-order chi connectivity index (χ0) is 14.3. The molecule has 6 nitrogen and oxygen atoms in total. The molecule has 1 aliphatic rings. The molecular formula is C12H10ClN3O3S. The molecule has 1 amide bonds. The molecule has 8 heteroatoms. The van der Waals surface area contributed by atoms with Gasteiger partial charge in [-0.1, -0.05) is 11.6 Å². The number of aromatic nitrogens is 2. The van der Waals surface area contributed by atoms with Gasteiger partial charge in [0.2, 0.25) is 0 Å². The van der Waals surface area contributed by atoms with Crippen molar-refractivity contribution >= 4 is 33.0 Å². The maximum atomic E-state index is 12.0. The van der Waals surface area contributed by atoms with Gasteiger partial charge in [0.15, 0.2) is 9.84 Å². The molecule has 0 saturated heterocycles. The Labute approximate surface area is 120 Å². The Morgan fingerprint density at radius 2 is 2.20 bits per heavy atom. The van der Waals surface area contributed by atoms with Crippen LogP contribution in [0.3, 0.4) is 0 Å². The molecule has 2 aromatic rings. The molecule has 0 spiro atoms. The average Bonchev–Trinajstić information content (AvgIpc) is 2.92. The van der Waals surface area contributed by atoms with E-state index in [-0.39, 0.29) is 11.4 Å². The number of sulfone groups is 1. The van der Waals surface area contributed by atoms with Crippen molar-refractivity contribution in [2.75, 3.05) is 5.75 Å². The van der Waals surface area contributed by atoms with E-state index in [1.54, 1.807) is 28.9 Å². The van der Waals surface area contributed by atoms with Crippen LogP contribution in [0.15, 0.2) is 36.0 Å². The van der Waals surface area contributed by atoms with Gasteiger partial charge in [0.05, 0.1) is 16.8 Å². The Kier molecular flexibility index (Phi) is 3.02. The highest BCUT2D eigenvalue weighted by Crippen LogP contribution is 2.13. The van der Waals surface area contributed by atoms with Crippen LogP contribution in [0.5, 0.6) is 0 Å². The highest BCUT2D eigenvalue weighted by atomic mass is 35.5. The van der Waals surface area contributed by atoms with Gasteiger partial charge in [0.1, 0.15) is 11.3 Å². The second-order valence-corrected chi connectivity index (χ2v) is 6.84. The van der Waals surface area contributed by atoms with Crippen LogP contribution in [-0.2, 0) is 9.84 Å². The molecule has 0 aromatic carbocycles. The molecule has 2 aromatic heterocycles. The third kappa shape index (κ3) is 2.54. The zero-order valence-electron chi connectivity index (χ0n) is 10.2. The summed E-state index contributed by atoms with van der Waals surface area (Å²) in [6.45, 7) is 0. The van der Waals surface area contributed by atoms with Gasteiger partial charge < -0.3 is 9.72 Å². The number of fused-ring (bicyclic) bond motifs is 1. The van der Waals surface area contributed by atoms with Crippen LogP contribution in [0.2, 0.25) is 5.02 Å². The number of hydrogen-bond donors (Lipinski definition) is 1. The number of pyridine rings is 1. The molecule has 0 saturated carbocycles. The summed E-state index contributed by atoms with van der Waals surface area (Å²) in [6, 6.07) is 2.86. The molecule has 3 heterocycles. The first-order chi connectivity index (χ1) is 9.43. The van der Waals surface area contributed by atoms with E-state index in [0.29, 0.717) is 10.7 Å². The monoisotopic (exact) mass is 311 g/mol. The second kappa shape index (κ2) is 4.60. The van der Waals surface area contributed by atoms with E-state index in [9.17, 15) is 13.2 Å². The van der Waals surface area contributed by atoms with Crippen LogP contribution < -0.4 is 5.32 Å². The van der Waals surface area contributed by atoms with E-state index < -0.39 is 21.8 Å². The third-order valence-corrected chi connectivity index (χ3v) is 4.51. The van der Waals surface area contributed by atoms with Crippen molar-refractivity contribution in [3.8, 4) is 0 Å². The SMILES string of the molecule is O=C(N[C@H]1C=CS(=O)(=O)C1)c1cn2cc(Cl)ccc2n1. The van der Waals surface area contributed by atoms with Crippen molar-refractivity contribution < 1.29 is 13.2 Å². The zero-order valence-corrected chi connectivity index (χ0v) is 11.7. The fourth-order valence-electron chi connectivity index (χ4n) is 1.98. The number of nitrogens with one attached hydrogen (secondary N) is 1. The highest BCUT2D eigenvalue weighted by molar-refractivity contribution is 7.94. The molecule has 1 N–H and O–H groups in total. The number of carbonyl (C=O) groups excluding carboxylic acids is 1. The molecule has 20 heavy (non-hydrogen) atoms. The number of rotatable bonds is 2. The molecule has 0 radical (unpaired) electrons. The van der Waals surface area contributed by atoms with E-state index in [1.165, 1.54) is 6.08 Å². The van der Waals surface area contributed by atoms with Crippen molar-refractivity contribution in [2.45, 2.75) is 6.04 Å². The molecule has 0 aliphatic carbocycles. The first-order valence-electron chi connectivity index (χ1n) is 5.79. The number of carbonyl (C=O) groups is 1. The minimum absolute atomic E-state index is 0.113. The van der Waals surface area contributed by atoms with Gasteiger partial charge in [-0.15, -0.1) is 0 Å². The van der Waals surface area contributed by atoms with Crippen LogP contribution in [0.25, 0.3) is 5.65 Å². The fourth-order valence-corrected chi connectivity index (χ4v) is 3.39. The number of nitrogens with zero attached hydrogens (tertiary/aromatic N) is 2. The van der Waals surface area contributed by atoms with Gasteiger partial charge in [-0.25, -0.2) is 13.4 Å². The number of imidazole rings is 1. The summed E-state index contributed by atoms with van der Waals surface area (Å²) in [5, 5.41) is 4.26. The molecule has 0 bridgehead atoms. The van der Waals surface area contributed by atoms with E-state index in [4.69, 9.17) is 11.6 Å².